The van der Waals surface area contributed by atoms with E-state index in [0.29, 0.717) is 11.7 Å². The average Bonchev–Trinajstić information content (AvgIpc) is 2.69. The molecule has 1 saturated carbocycles. The lowest BCUT2D eigenvalue weighted by atomic mass is 9.90. The quantitative estimate of drug-likeness (QED) is 0.625. The molecule has 3 rings (SSSR count). The zero-order chi connectivity index (χ0) is 10.3. The van der Waals surface area contributed by atoms with Crippen LogP contribution in [0.1, 0.15) is 35.2 Å². The number of carbonyl (C=O) groups excluding carboxylic acids is 1. The van der Waals surface area contributed by atoms with Gasteiger partial charge in [0.15, 0.2) is 5.78 Å². The number of hydrogen-bond acceptors (Lipinski definition) is 1. The van der Waals surface area contributed by atoms with E-state index in [4.69, 9.17) is 0 Å². The fourth-order valence-corrected chi connectivity index (χ4v) is 2.84. The average molecular weight is 198 g/mol. The van der Waals surface area contributed by atoms with Crippen molar-refractivity contribution >= 4 is 11.9 Å². The summed E-state index contributed by atoms with van der Waals surface area (Å²) in [5, 5.41) is 0. The Hall–Kier alpha value is -1.37. The van der Waals surface area contributed by atoms with E-state index in [2.05, 4.69) is 12.2 Å². The van der Waals surface area contributed by atoms with Gasteiger partial charge in [0.25, 0.3) is 0 Å². The second-order valence-electron chi connectivity index (χ2n) is 4.51. The fourth-order valence-electron chi connectivity index (χ4n) is 2.84. The summed E-state index contributed by atoms with van der Waals surface area (Å²) in [6.07, 6.45) is 7.82. The summed E-state index contributed by atoms with van der Waals surface area (Å²) in [7, 11) is 0. The molecule has 15 heavy (non-hydrogen) atoms. The van der Waals surface area contributed by atoms with Crippen LogP contribution in [0.2, 0.25) is 0 Å². The van der Waals surface area contributed by atoms with Crippen LogP contribution < -0.4 is 0 Å². The van der Waals surface area contributed by atoms with Crippen LogP contribution in [0, 0.1) is 11.8 Å². The van der Waals surface area contributed by atoms with E-state index in [1.807, 2.05) is 24.3 Å². The zero-order valence-electron chi connectivity index (χ0n) is 8.65. The van der Waals surface area contributed by atoms with E-state index >= 15 is 0 Å². The van der Waals surface area contributed by atoms with Crippen LogP contribution in [-0.4, -0.2) is 5.78 Å². The van der Waals surface area contributed by atoms with Crippen LogP contribution in [0.4, 0.5) is 0 Å². The predicted octanol–water partition coefficient (Wildman–Crippen LogP) is 3.31. The molecule has 2 aliphatic rings. The lowest BCUT2D eigenvalue weighted by Gasteiger charge is -2.12. The summed E-state index contributed by atoms with van der Waals surface area (Å²) in [5.41, 5.74) is 2.01. The summed E-state index contributed by atoms with van der Waals surface area (Å²) >= 11 is 0. The molecule has 0 amide bonds. The Morgan fingerprint density at radius 3 is 2.93 bits per heavy atom. The maximum atomic E-state index is 12.3. The van der Waals surface area contributed by atoms with Gasteiger partial charge in [-0.3, -0.25) is 4.79 Å². The highest BCUT2D eigenvalue weighted by atomic mass is 16.1. The van der Waals surface area contributed by atoms with Gasteiger partial charge in [0.05, 0.1) is 0 Å². The van der Waals surface area contributed by atoms with Gasteiger partial charge in [-0.25, -0.2) is 0 Å². The molecule has 0 heterocycles. The normalized spacial score (nSPS) is 28.4. The number of ketones is 1. The summed E-state index contributed by atoms with van der Waals surface area (Å²) in [6, 6.07) is 7.95. The molecule has 1 heteroatoms. The van der Waals surface area contributed by atoms with Crippen molar-refractivity contribution in [3.63, 3.8) is 0 Å². The van der Waals surface area contributed by atoms with Crippen molar-refractivity contribution in [2.45, 2.75) is 19.3 Å². The highest BCUT2D eigenvalue weighted by Crippen LogP contribution is 2.38. The van der Waals surface area contributed by atoms with Gasteiger partial charge >= 0.3 is 0 Å². The molecular weight excluding hydrogens is 184 g/mol. The molecule has 0 bridgehead atoms. The monoisotopic (exact) mass is 198 g/mol. The molecule has 1 aromatic carbocycles. The smallest absolute Gasteiger partial charge is 0.167 e. The topological polar surface area (TPSA) is 17.1 Å². The standard InChI is InChI=1S/C14H14O/c15-14-12-6-2-1-4-10(12)8-9-11-5-3-7-13(11)14/h1-2,4,6,8-9,11,13H,3,5,7H2. The first kappa shape index (κ1) is 8.90. The van der Waals surface area contributed by atoms with E-state index in [1.54, 1.807) is 0 Å². The molecule has 0 saturated heterocycles. The van der Waals surface area contributed by atoms with E-state index in [-0.39, 0.29) is 5.92 Å². The third kappa shape index (κ3) is 1.34. The van der Waals surface area contributed by atoms with Crippen LogP contribution in [0.3, 0.4) is 0 Å². The molecule has 76 valence electrons. The lowest BCUT2D eigenvalue weighted by Crippen LogP contribution is -2.16. The number of benzene rings is 1. The Labute approximate surface area is 89.8 Å². The molecule has 0 N–H and O–H groups in total. The van der Waals surface area contributed by atoms with Crippen molar-refractivity contribution in [3.8, 4) is 0 Å². The van der Waals surface area contributed by atoms with Crippen molar-refractivity contribution in [1.82, 2.24) is 0 Å². The van der Waals surface area contributed by atoms with Gasteiger partial charge in [-0.2, -0.15) is 0 Å². The van der Waals surface area contributed by atoms with Gasteiger partial charge in [0.1, 0.15) is 0 Å². The Bertz CT molecular complexity index is 431. The largest absolute Gasteiger partial charge is 0.294 e. The number of hydrogen-bond donors (Lipinski definition) is 0. The zero-order valence-corrected chi connectivity index (χ0v) is 8.65. The van der Waals surface area contributed by atoms with Gasteiger partial charge in [-0.05, 0) is 24.3 Å². The van der Waals surface area contributed by atoms with Gasteiger partial charge in [0.2, 0.25) is 0 Å². The van der Waals surface area contributed by atoms with Gasteiger partial charge < -0.3 is 0 Å². The molecule has 1 aromatic rings. The van der Waals surface area contributed by atoms with E-state index in [9.17, 15) is 4.79 Å². The predicted molar refractivity (Wildman–Crippen MR) is 60.6 cm³/mol. The Morgan fingerprint density at radius 1 is 1.13 bits per heavy atom. The molecule has 0 radical (unpaired) electrons. The number of Topliss-reactive ketones (excluding diaryl/α,β-unsaturated/α-hetero) is 1. The lowest BCUT2D eigenvalue weighted by molar-refractivity contribution is 0.0906. The molecule has 2 atom stereocenters. The highest BCUT2D eigenvalue weighted by Gasteiger charge is 2.33. The first-order chi connectivity index (χ1) is 7.36. The second-order valence-corrected chi connectivity index (χ2v) is 4.51. The van der Waals surface area contributed by atoms with Crippen LogP contribution >= 0.6 is 0 Å². The number of fused-ring (bicyclic) bond motifs is 2. The van der Waals surface area contributed by atoms with E-state index in [1.165, 1.54) is 12.8 Å². The second kappa shape index (κ2) is 3.34. The summed E-state index contributed by atoms with van der Waals surface area (Å²) in [5.74, 6) is 1.10. The van der Waals surface area contributed by atoms with Crippen molar-refractivity contribution in [3.05, 3.63) is 41.5 Å². The minimum atomic E-state index is 0.255. The first-order valence-corrected chi connectivity index (χ1v) is 5.68. The van der Waals surface area contributed by atoms with E-state index < -0.39 is 0 Å². The van der Waals surface area contributed by atoms with E-state index in [0.717, 1.165) is 17.5 Å². The van der Waals surface area contributed by atoms with Gasteiger partial charge in [-0.15, -0.1) is 0 Å². The molecule has 0 aliphatic heterocycles. The number of rotatable bonds is 0. The molecule has 2 unspecified atom stereocenters. The van der Waals surface area contributed by atoms with Crippen LogP contribution in [0.15, 0.2) is 30.3 Å². The Balaban J connectivity index is 2.12. The first-order valence-electron chi connectivity index (χ1n) is 5.68. The number of carbonyl (C=O) groups is 1. The summed E-state index contributed by atoms with van der Waals surface area (Å²) in [4.78, 5) is 12.3. The van der Waals surface area contributed by atoms with Crippen molar-refractivity contribution < 1.29 is 4.79 Å². The molecular formula is C14H14O. The Morgan fingerprint density at radius 2 is 2.00 bits per heavy atom. The maximum Gasteiger partial charge on any atom is 0.167 e. The third-order valence-electron chi connectivity index (χ3n) is 3.66. The van der Waals surface area contributed by atoms with Crippen molar-refractivity contribution in [2.75, 3.05) is 0 Å². The third-order valence-corrected chi connectivity index (χ3v) is 3.66. The summed E-state index contributed by atoms with van der Waals surface area (Å²) in [6.45, 7) is 0. The molecule has 1 nitrogen and oxygen atoms in total. The van der Waals surface area contributed by atoms with Gasteiger partial charge in [0, 0.05) is 11.5 Å². The number of allylic oxidation sites excluding steroid dienone is 1. The summed E-state index contributed by atoms with van der Waals surface area (Å²) < 4.78 is 0. The Kier molecular flexibility index (Phi) is 1.98. The molecule has 0 aromatic heterocycles. The van der Waals surface area contributed by atoms with Crippen molar-refractivity contribution in [2.24, 2.45) is 11.8 Å². The molecule has 1 fully saturated rings. The van der Waals surface area contributed by atoms with Crippen LogP contribution in [0.5, 0.6) is 0 Å². The van der Waals surface area contributed by atoms with Gasteiger partial charge in [-0.1, -0.05) is 42.8 Å². The van der Waals surface area contributed by atoms with Crippen molar-refractivity contribution in [1.29, 1.82) is 0 Å². The minimum absolute atomic E-state index is 0.255. The van der Waals surface area contributed by atoms with Crippen LogP contribution in [0.25, 0.3) is 6.08 Å². The molecule has 0 spiro atoms. The maximum absolute atomic E-state index is 12.3. The minimum Gasteiger partial charge on any atom is -0.294 e. The molecule has 2 aliphatic carbocycles. The van der Waals surface area contributed by atoms with Crippen LogP contribution in [-0.2, 0) is 0 Å². The SMILES string of the molecule is O=C1c2ccccc2C=CC2CCCC12. The highest BCUT2D eigenvalue weighted by molar-refractivity contribution is 6.02. The fraction of sp³-hybridized carbons (Fsp3) is 0.357.